The van der Waals surface area contributed by atoms with E-state index in [2.05, 4.69) is 20.8 Å². The smallest absolute Gasteiger partial charge is 0.347 e. The molecule has 0 aromatic heterocycles. The second-order valence-corrected chi connectivity index (χ2v) is 5.92. The molecule has 0 saturated carbocycles. The van der Waals surface area contributed by atoms with Gasteiger partial charge in [-0.2, -0.15) is 0 Å². The molecule has 1 rings (SSSR count). The molecular formula is C17H26O3. The maximum atomic E-state index is 11.8. The van der Waals surface area contributed by atoms with Crippen LogP contribution in [0.5, 0.6) is 5.75 Å². The van der Waals surface area contributed by atoms with E-state index in [1.165, 1.54) is 5.56 Å². The van der Waals surface area contributed by atoms with Crippen molar-refractivity contribution in [2.75, 3.05) is 6.61 Å². The van der Waals surface area contributed by atoms with Crippen LogP contribution >= 0.6 is 0 Å². The standard InChI is InChI=1S/C17H26O3/c1-6-8-15(16(18)19-7-2)20-14-11-9-13(10-12-14)17(3,4)5/h9-12,15H,6-8H2,1-5H3. The maximum absolute atomic E-state index is 11.8. The molecule has 0 saturated heterocycles. The fourth-order valence-corrected chi connectivity index (χ4v) is 1.92. The van der Waals surface area contributed by atoms with Gasteiger partial charge < -0.3 is 9.47 Å². The first-order valence-corrected chi connectivity index (χ1v) is 7.32. The maximum Gasteiger partial charge on any atom is 0.347 e. The fraction of sp³-hybridized carbons (Fsp3) is 0.588. The number of esters is 1. The van der Waals surface area contributed by atoms with Gasteiger partial charge in [0, 0.05) is 0 Å². The Morgan fingerprint density at radius 1 is 1.15 bits per heavy atom. The Morgan fingerprint density at radius 3 is 2.20 bits per heavy atom. The van der Waals surface area contributed by atoms with E-state index in [0.29, 0.717) is 18.8 Å². The minimum atomic E-state index is -0.513. The lowest BCUT2D eigenvalue weighted by Crippen LogP contribution is -2.29. The van der Waals surface area contributed by atoms with Gasteiger partial charge in [-0.3, -0.25) is 0 Å². The van der Waals surface area contributed by atoms with Crippen LogP contribution in [0.2, 0.25) is 0 Å². The predicted molar refractivity (Wildman–Crippen MR) is 81.1 cm³/mol. The topological polar surface area (TPSA) is 35.5 Å². The number of benzene rings is 1. The average molecular weight is 278 g/mol. The van der Waals surface area contributed by atoms with Gasteiger partial charge in [-0.25, -0.2) is 4.79 Å². The average Bonchev–Trinajstić information content (AvgIpc) is 2.38. The van der Waals surface area contributed by atoms with Gasteiger partial charge in [0.2, 0.25) is 0 Å². The van der Waals surface area contributed by atoms with Crippen LogP contribution in [-0.4, -0.2) is 18.7 Å². The highest BCUT2D eigenvalue weighted by molar-refractivity contribution is 5.75. The molecule has 0 aliphatic carbocycles. The number of hydrogen-bond acceptors (Lipinski definition) is 3. The van der Waals surface area contributed by atoms with Crippen LogP contribution in [-0.2, 0) is 14.9 Å². The van der Waals surface area contributed by atoms with Gasteiger partial charge in [0.1, 0.15) is 5.75 Å². The van der Waals surface area contributed by atoms with Crippen molar-refractivity contribution in [1.82, 2.24) is 0 Å². The molecule has 0 heterocycles. The monoisotopic (exact) mass is 278 g/mol. The van der Waals surface area contributed by atoms with Gasteiger partial charge in [-0.15, -0.1) is 0 Å². The molecule has 0 bridgehead atoms. The largest absolute Gasteiger partial charge is 0.479 e. The van der Waals surface area contributed by atoms with Crippen molar-refractivity contribution in [3.63, 3.8) is 0 Å². The van der Waals surface area contributed by atoms with Gasteiger partial charge in [-0.05, 0) is 36.5 Å². The van der Waals surface area contributed by atoms with E-state index in [9.17, 15) is 4.79 Å². The summed E-state index contributed by atoms with van der Waals surface area (Å²) >= 11 is 0. The molecule has 3 heteroatoms. The minimum absolute atomic E-state index is 0.114. The van der Waals surface area contributed by atoms with E-state index >= 15 is 0 Å². The van der Waals surface area contributed by atoms with Gasteiger partial charge in [0.15, 0.2) is 6.10 Å². The van der Waals surface area contributed by atoms with E-state index < -0.39 is 6.10 Å². The number of rotatable bonds is 6. The van der Waals surface area contributed by atoms with Crippen molar-refractivity contribution in [2.24, 2.45) is 0 Å². The third kappa shape index (κ3) is 4.87. The molecule has 1 atom stereocenters. The van der Waals surface area contributed by atoms with Crippen LogP contribution in [0.15, 0.2) is 24.3 Å². The molecule has 3 nitrogen and oxygen atoms in total. The molecule has 1 aromatic rings. The second-order valence-electron chi connectivity index (χ2n) is 5.92. The molecular weight excluding hydrogens is 252 g/mol. The van der Waals surface area contributed by atoms with Gasteiger partial charge in [-0.1, -0.05) is 46.2 Å². The highest BCUT2D eigenvalue weighted by Crippen LogP contribution is 2.25. The van der Waals surface area contributed by atoms with Crippen molar-refractivity contribution >= 4 is 5.97 Å². The highest BCUT2D eigenvalue weighted by atomic mass is 16.6. The zero-order valence-corrected chi connectivity index (χ0v) is 13.2. The molecule has 0 amide bonds. The summed E-state index contributed by atoms with van der Waals surface area (Å²) in [6, 6.07) is 7.93. The molecule has 0 radical (unpaired) electrons. The van der Waals surface area contributed by atoms with Crippen molar-refractivity contribution in [2.45, 2.75) is 59.0 Å². The van der Waals surface area contributed by atoms with Crippen LogP contribution < -0.4 is 4.74 Å². The molecule has 20 heavy (non-hydrogen) atoms. The Balaban J connectivity index is 2.76. The summed E-state index contributed by atoms with van der Waals surface area (Å²) in [5, 5.41) is 0. The van der Waals surface area contributed by atoms with E-state index in [0.717, 1.165) is 6.42 Å². The molecule has 1 aromatic carbocycles. The Kier molecular flexibility index (Phi) is 6.05. The third-order valence-corrected chi connectivity index (χ3v) is 3.10. The SMILES string of the molecule is CCCC(Oc1ccc(C(C)(C)C)cc1)C(=O)OCC. The van der Waals surface area contributed by atoms with Crippen molar-refractivity contribution < 1.29 is 14.3 Å². The van der Waals surface area contributed by atoms with E-state index in [4.69, 9.17) is 9.47 Å². The fourth-order valence-electron chi connectivity index (χ4n) is 1.92. The lowest BCUT2D eigenvalue weighted by molar-refractivity contribution is -0.151. The summed E-state index contributed by atoms with van der Waals surface area (Å²) in [6.45, 7) is 10.7. The van der Waals surface area contributed by atoms with Crippen LogP contribution in [0.1, 0.15) is 53.0 Å². The van der Waals surface area contributed by atoms with Gasteiger partial charge >= 0.3 is 5.97 Å². The Bertz CT molecular complexity index is 415. The molecule has 0 spiro atoms. The van der Waals surface area contributed by atoms with E-state index in [1.54, 1.807) is 6.92 Å². The molecule has 0 N–H and O–H groups in total. The Hall–Kier alpha value is -1.51. The Morgan fingerprint density at radius 2 is 1.75 bits per heavy atom. The summed E-state index contributed by atoms with van der Waals surface area (Å²) < 4.78 is 10.8. The summed E-state index contributed by atoms with van der Waals surface area (Å²) in [5.41, 5.74) is 1.36. The van der Waals surface area contributed by atoms with Crippen molar-refractivity contribution in [3.8, 4) is 5.75 Å². The molecule has 1 unspecified atom stereocenters. The van der Waals surface area contributed by atoms with E-state index in [-0.39, 0.29) is 11.4 Å². The molecule has 0 aliphatic rings. The molecule has 0 aliphatic heterocycles. The zero-order chi connectivity index (χ0) is 15.2. The van der Waals surface area contributed by atoms with E-state index in [1.807, 2.05) is 31.2 Å². The first-order valence-electron chi connectivity index (χ1n) is 7.32. The predicted octanol–water partition coefficient (Wildman–Crippen LogP) is 4.09. The highest BCUT2D eigenvalue weighted by Gasteiger charge is 2.21. The third-order valence-electron chi connectivity index (χ3n) is 3.10. The number of ether oxygens (including phenoxy) is 2. The molecule has 112 valence electrons. The first kappa shape index (κ1) is 16.5. The quantitative estimate of drug-likeness (QED) is 0.735. The zero-order valence-electron chi connectivity index (χ0n) is 13.2. The van der Waals surface area contributed by atoms with Crippen LogP contribution in [0, 0.1) is 0 Å². The lowest BCUT2D eigenvalue weighted by atomic mass is 9.87. The van der Waals surface area contributed by atoms with Crippen LogP contribution in [0.3, 0.4) is 0 Å². The normalized spacial score (nSPS) is 12.8. The summed E-state index contributed by atoms with van der Waals surface area (Å²) in [7, 11) is 0. The molecule has 0 fully saturated rings. The van der Waals surface area contributed by atoms with Crippen LogP contribution in [0.25, 0.3) is 0 Å². The van der Waals surface area contributed by atoms with Crippen molar-refractivity contribution in [3.05, 3.63) is 29.8 Å². The number of carbonyl (C=O) groups is 1. The summed E-state index contributed by atoms with van der Waals surface area (Å²) in [5.74, 6) is 0.429. The summed E-state index contributed by atoms with van der Waals surface area (Å²) in [6.07, 6.45) is 1.03. The Labute approximate surface area is 122 Å². The van der Waals surface area contributed by atoms with Gasteiger partial charge in [0.05, 0.1) is 6.61 Å². The number of hydrogen-bond donors (Lipinski definition) is 0. The van der Waals surface area contributed by atoms with Crippen LogP contribution in [0.4, 0.5) is 0 Å². The van der Waals surface area contributed by atoms with Crippen molar-refractivity contribution in [1.29, 1.82) is 0 Å². The lowest BCUT2D eigenvalue weighted by Gasteiger charge is -2.20. The first-order chi connectivity index (χ1) is 9.38. The van der Waals surface area contributed by atoms with Gasteiger partial charge in [0.25, 0.3) is 0 Å². The minimum Gasteiger partial charge on any atom is -0.479 e. The second kappa shape index (κ2) is 7.32. The summed E-state index contributed by atoms with van der Waals surface area (Å²) in [4.78, 5) is 11.8. The number of carbonyl (C=O) groups excluding carboxylic acids is 1.